The van der Waals surface area contributed by atoms with Gasteiger partial charge in [0.25, 0.3) is 5.91 Å². The molecular formula is C19H23Cl2FN4O. The van der Waals surface area contributed by atoms with Crippen LogP contribution in [-0.4, -0.2) is 29.4 Å². The molecule has 1 atom stereocenters. The van der Waals surface area contributed by atoms with Crippen molar-refractivity contribution in [3.63, 3.8) is 0 Å². The van der Waals surface area contributed by atoms with Crippen LogP contribution in [0.25, 0.3) is 22.0 Å². The number of H-pyrrole nitrogens is 1. The van der Waals surface area contributed by atoms with Crippen LogP contribution >= 0.6 is 11.6 Å². The van der Waals surface area contributed by atoms with E-state index < -0.39 is 0 Å². The van der Waals surface area contributed by atoms with Gasteiger partial charge in [0.05, 0.1) is 11.9 Å². The molecule has 0 bridgehead atoms. The molecule has 0 saturated carbocycles. The van der Waals surface area contributed by atoms with Crippen molar-refractivity contribution in [3.05, 3.63) is 60.0 Å². The number of aromatic nitrogens is 1. The van der Waals surface area contributed by atoms with Crippen LogP contribution in [0.2, 0.25) is 0 Å². The monoisotopic (exact) mass is 412 g/mol. The molecule has 0 aliphatic heterocycles. The molecule has 0 spiro atoms. The third-order valence-electron chi connectivity index (χ3n) is 4.05. The van der Waals surface area contributed by atoms with E-state index >= 15 is 0 Å². The highest BCUT2D eigenvalue weighted by molar-refractivity contribution is 6.21. The predicted octanol–water partition coefficient (Wildman–Crippen LogP) is 0.109. The fourth-order valence-electron chi connectivity index (χ4n) is 2.69. The minimum Gasteiger partial charge on any atom is -1.00 e. The van der Waals surface area contributed by atoms with E-state index in [1.807, 2.05) is 24.3 Å². The Kier molecular flexibility index (Phi) is 8.72. The van der Waals surface area contributed by atoms with Crippen LogP contribution < -0.4 is 29.6 Å². The van der Waals surface area contributed by atoms with Crippen LogP contribution in [0.5, 0.6) is 0 Å². The standard InChI is InChI=1S/C19H19ClFN3O.ClH.H3N/c20-15(7-8-22)11-23-19(25)18-10-14-2-1-13(9-17(14)24-18)12-3-5-16(21)6-4-12;;/h1-6,9-10,15,24H,7-8,11,22H2,(H,23,25);1H;1H3/t15-;;/m0../s1. The smallest absolute Gasteiger partial charge is 0.267 e. The van der Waals surface area contributed by atoms with E-state index in [0.717, 1.165) is 35.0 Å². The molecule has 8 N–H and O–H groups in total. The lowest BCUT2D eigenvalue weighted by Gasteiger charge is -2.07. The number of carbonyl (C=O) groups is 1. The molecule has 5 nitrogen and oxygen atoms in total. The lowest BCUT2D eigenvalue weighted by atomic mass is 10.0. The number of quaternary nitrogens is 1. The van der Waals surface area contributed by atoms with Gasteiger partial charge in [0.1, 0.15) is 11.5 Å². The lowest BCUT2D eigenvalue weighted by Crippen LogP contribution is -3.00. The van der Waals surface area contributed by atoms with Crippen molar-refractivity contribution in [1.29, 1.82) is 0 Å². The molecule has 0 aliphatic carbocycles. The number of benzene rings is 2. The van der Waals surface area contributed by atoms with Crippen molar-refractivity contribution in [2.75, 3.05) is 13.1 Å². The van der Waals surface area contributed by atoms with Crippen molar-refractivity contribution in [3.8, 4) is 11.1 Å². The van der Waals surface area contributed by atoms with Gasteiger partial charge in [-0.2, -0.15) is 0 Å². The molecule has 2 aromatic carbocycles. The van der Waals surface area contributed by atoms with Crippen molar-refractivity contribution in [2.24, 2.45) is 0 Å². The highest BCUT2D eigenvalue weighted by Crippen LogP contribution is 2.25. The summed E-state index contributed by atoms with van der Waals surface area (Å²) in [5.74, 6) is -0.450. The lowest BCUT2D eigenvalue weighted by molar-refractivity contribution is -0.368. The van der Waals surface area contributed by atoms with Crippen molar-refractivity contribution < 1.29 is 27.3 Å². The molecule has 0 radical (unpaired) electrons. The van der Waals surface area contributed by atoms with E-state index in [1.165, 1.54) is 12.1 Å². The summed E-state index contributed by atoms with van der Waals surface area (Å²) in [7, 11) is 0. The molecule has 1 heterocycles. The van der Waals surface area contributed by atoms with E-state index in [9.17, 15) is 9.18 Å². The summed E-state index contributed by atoms with van der Waals surface area (Å²) in [4.78, 5) is 15.4. The molecule has 0 unspecified atom stereocenters. The SMILES string of the molecule is N.[Cl-].[NH3+]CC[C@H](Cl)CNC(=O)c1cc2ccc(-c3ccc(F)cc3)cc2[nH]1. The third kappa shape index (κ3) is 5.68. The fraction of sp³-hybridized carbons (Fsp3) is 0.211. The van der Waals surface area contributed by atoms with Gasteiger partial charge in [-0.1, -0.05) is 24.3 Å². The van der Waals surface area contributed by atoms with E-state index in [-0.39, 0.29) is 35.7 Å². The number of hydrogen-bond acceptors (Lipinski definition) is 2. The van der Waals surface area contributed by atoms with Gasteiger partial charge in [-0.25, -0.2) is 4.39 Å². The average Bonchev–Trinajstić information content (AvgIpc) is 3.04. The maximum Gasteiger partial charge on any atom is 0.267 e. The first-order valence-corrected chi connectivity index (χ1v) is 8.60. The van der Waals surface area contributed by atoms with Gasteiger partial charge < -0.3 is 34.6 Å². The molecule has 3 aromatic rings. The van der Waals surface area contributed by atoms with Crippen LogP contribution in [0.3, 0.4) is 0 Å². The van der Waals surface area contributed by atoms with Gasteiger partial charge in [-0.15, -0.1) is 11.6 Å². The summed E-state index contributed by atoms with van der Waals surface area (Å²) in [6, 6.07) is 14.0. The highest BCUT2D eigenvalue weighted by atomic mass is 35.5. The number of alkyl halides is 1. The van der Waals surface area contributed by atoms with Gasteiger partial charge in [0, 0.05) is 23.9 Å². The Hall–Kier alpha value is -2.12. The molecule has 0 fully saturated rings. The maximum absolute atomic E-state index is 13.1. The Morgan fingerprint density at radius 1 is 1.15 bits per heavy atom. The molecule has 0 aliphatic rings. The predicted molar refractivity (Wildman–Crippen MR) is 103 cm³/mol. The first-order chi connectivity index (χ1) is 12.1. The van der Waals surface area contributed by atoms with Crippen LogP contribution in [0, 0.1) is 5.82 Å². The van der Waals surface area contributed by atoms with Gasteiger partial charge >= 0.3 is 0 Å². The Labute approximate surface area is 168 Å². The number of nitrogens with one attached hydrogen (secondary N) is 2. The third-order valence-corrected chi connectivity index (χ3v) is 4.42. The second-order valence-electron chi connectivity index (χ2n) is 5.94. The number of fused-ring (bicyclic) bond motifs is 1. The van der Waals surface area contributed by atoms with E-state index in [1.54, 1.807) is 12.1 Å². The fourth-order valence-corrected chi connectivity index (χ4v) is 2.92. The van der Waals surface area contributed by atoms with Gasteiger partial charge in [-0.3, -0.25) is 4.79 Å². The Morgan fingerprint density at radius 2 is 1.81 bits per heavy atom. The number of carbonyl (C=O) groups excluding carboxylic acids is 1. The minimum absolute atomic E-state index is 0. The molecule has 0 saturated heterocycles. The Morgan fingerprint density at radius 3 is 2.48 bits per heavy atom. The highest BCUT2D eigenvalue weighted by Gasteiger charge is 2.12. The largest absolute Gasteiger partial charge is 1.00 e. The second-order valence-corrected chi connectivity index (χ2v) is 6.56. The van der Waals surface area contributed by atoms with Crippen LogP contribution in [0.1, 0.15) is 16.9 Å². The molecule has 146 valence electrons. The molecular weight excluding hydrogens is 390 g/mol. The molecule has 1 amide bonds. The van der Waals surface area contributed by atoms with E-state index in [4.69, 9.17) is 11.6 Å². The van der Waals surface area contributed by atoms with Gasteiger partial charge in [-0.05, 0) is 35.4 Å². The minimum atomic E-state index is -0.264. The number of amides is 1. The zero-order valence-electron chi connectivity index (χ0n) is 14.8. The Bertz CT molecular complexity index is 883. The second kappa shape index (κ2) is 10.3. The quantitative estimate of drug-likeness (QED) is 0.431. The number of hydrogen-bond donors (Lipinski definition) is 4. The number of halogens is 3. The van der Waals surface area contributed by atoms with E-state index in [2.05, 4.69) is 16.0 Å². The van der Waals surface area contributed by atoms with Crippen LogP contribution in [0.4, 0.5) is 4.39 Å². The molecule has 27 heavy (non-hydrogen) atoms. The maximum atomic E-state index is 13.1. The zero-order valence-corrected chi connectivity index (χ0v) is 16.3. The summed E-state index contributed by atoms with van der Waals surface area (Å²) in [6.45, 7) is 1.15. The molecule has 1 aromatic heterocycles. The first-order valence-electron chi connectivity index (χ1n) is 8.17. The van der Waals surface area contributed by atoms with Crippen molar-refractivity contribution in [1.82, 2.24) is 16.5 Å². The Balaban J connectivity index is 0.00000182. The topological polar surface area (TPSA) is 108 Å². The molecule has 8 heteroatoms. The van der Waals surface area contributed by atoms with Gasteiger partial charge in [0.2, 0.25) is 0 Å². The van der Waals surface area contributed by atoms with Crippen LogP contribution in [-0.2, 0) is 0 Å². The summed E-state index contributed by atoms with van der Waals surface area (Å²) in [5, 5.41) is 3.65. The van der Waals surface area contributed by atoms with Crippen LogP contribution in [0.15, 0.2) is 48.5 Å². The normalized spacial score (nSPS) is 11.4. The van der Waals surface area contributed by atoms with Gasteiger partial charge in [0.15, 0.2) is 0 Å². The first kappa shape index (κ1) is 22.9. The summed E-state index contributed by atoms with van der Waals surface area (Å²) >= 11 is 6.10. The molecule has 3 rings (SSSR count). The summed E-state index contributed by atoms with van der Waals surface area (Å²) in [5.41, 5.74) is 6.97. The van der Waals surface area contributed by atoms with E-state index in [0.29, 0.717) is 12.2 Å². The zero-order chi connectivity index (χ0) is 17.8. The number of aromatic amines is 1. The number of rotatable bonds is 6. The summed E-state index contributed by atoms with van der Waals surface area (Å²) in [6.07, 6.45) is 0.759. The van der Waals surface area contributed by atoms with Crippen molar-refractivity contribution >= 4 is 28.4 Å². The average molecular weight is 413 g/mol. The van der Waals surface area contributed by atoms with Crippen molar-refractivity contribution in [2.45, 2.75) is 11.8 Å². The summed E-state index contributed by atoms with van der Waals surface area (Å²) < 4.78 is 13.1.